The zero-order chi connectivity index (χ0) is 10.1. The SMILES string of the molecule is COC(=O)COCCOCC(C)=O. The molecule has 0 unspecified atom stereocenters. The third-order valence-corrected chi connectivity index (χ3v) is 1.12. The molecule has 0 aromatic heterocycles. The van der Waals surface area contributed by atoms with Gasteiger partial charge in [-0.3, -0.25) is 4.79 Å². The van der Waals surface area contributed by atoms with Gasteiger partial charge in [0.2, 0.25) is 0 Å². The van der Waals surface area contributed by atoms with Crippen molar-refractivity contribution >= 4 is 11.8 Å². The molecule has 0 fully saturated rings. The molecule has 0 aromatic rings. The first kappa shape index (κ1) is 12.1. The van der Waals surface area contributed by atoms with Crippen molar-refractivity contribution in [3.8, 4) is 0 Å². The van der Waals surface area contributed by atoms with Crippen LogP contribution in [0.4, 0.5) is 0 Å². The summed E-state index contributed by atoms with van der Waals surface area (Å²) in [7, 11) is 1.29. The normalized spacial score (nSPS) is 9.69. The molecule has 5 heteroatoms. The van der Waals surface area contributed by atoms with Crippen LogP contribution in [0.2, 0.25) is 0 Å². The molecule has 0 N–H and O–H groups in total. The summed E-state index contributed by atoms with van der Waals surface area (Å²) in [4.78, 5) is 20.9. The van der Waals surface area contributed by atoms with Crippen molar-refractivity contribution in [2.75, 3.05) is 33.5 Å². The Morgan fingerprint density at radius 1 is 1.08 bits per heavy atom. The summed E-state index contributed by atoms with van der Waals surface area (Å²) in [6, 6.07) is 0. The lowest BCUT2D eigenvalue weighted by Crippen LogP contribution is -2.14. The monoisotopic (exact) mass is 190 g/mol. The van der Waals surface area contributed by atoms with Crippen molar-refractivity contribution in [2.45, 2.75) is 6.92 Å². The Labute approximate surface area is 77.0 Å². The Kier molecular flexibility index (Phi) is 7.14. The van der Waals surface area contributed by atoms with Crippen molar-refractivity contribution in [1.29, 1.82) is 0 Å². The summed E-state index contributed by atoms with van der Waals surface area (Å²) in [5.41, 5.74) is 0. The second kappa shape index (κ2) is 7.70. The van der Waals surface area contributed by atoms with Crippen molar-refractivity contribution in [1.82, 2.24) is 0 Å². The number of hydrogen-bond acceptors (Lipinski definition) is 5. The Balaban J connectivity index is 3.08. The maximum absolute atomic E-state index is 10.5. The summed E-state index contributed by atoms with van der Waals surface area (Å²) in [6.07, 6.45) is 0. The molecule has 5 nitrogen and oxygen atoms in total. The summed E-state index contributed by atoms with van der Waals surface area (Å²) in [6.45, 7) is 2.02. The molecule has 0 aliphatic carbocycles. The van der Waals surface area contributed by atoms with E-state index in [0.29, 0.717) is 6.61 Å². The predicted octanol–water partition coefficient (Wildman–Crippen LogP) is -0.218. The van der Waals surface area contributed by atoms with Crippen LogP contribution in [0.15, 0.2) is 0 Å². The highest BCUT2D eigenvalue weighted by atomic mass is 16.6. The maximum Gasteiger partial charge on any atom is 0.331 e. The van der Waals surface area contributed by atoms with Gasteiger partial charge in [0, 0.05) is 0 Å². The van der Waals surface area contributed by atoms with Gasteiger partial charge in [-0.25, -0.2) is 4.79 Å². The molecule has 0 aliphatic rings. The standard InChI is InChI=1S/C8H14O5/c1-7(9)5-12-3-4-13-6-8(10)11-2/h3-6H2,1-2H3. The second-order valence-electron chi connectivity index (χ2n) is 2.38. The Hall–Kier alpha value is -0.940. The Morgan fingerprint density at radius 2 is 1.62 bits per heavy atom. The largest absolute Gasteiger partial charge is 0.467 e. The third kappa shape index (κ3) is 8.97. The zero-order valence-corrected chi connectivity index (χ0v) is 7.87. The smallest absolute Gasteiger partial charge is 0.331 e. The van der Waals surface area contributed by atoms with E-state index >= 15 is 0 Å². The zero-order valence-electron chi connectivity index (χ0n) is 7.87. The molecule has 0 aliphatic heterocycles. The van der Waals surface area contributed by atoms with E-state index in [1.54, 1.807) is 0 Å². The lowest BCUT2D eigenvalue weighted by molar-refractivity contribution is -0.146. The lowest BCUT2D eigenvalue weighted by atomic mass is 10.5. The molecule has 0 atom stereocenters. The Morgan fingerprint density at radius 3 is 2.08 bits per heavy atom. The van der Waals surface area contributed by atoms with E-state index in [4.69, 9.17) is 9.47 Å². The highest BCUT2D eigenvalue weighted by Crippen LogP contribution is 1.81. The average molecular weight is 190 g/mol. The van der Waals surface area contributed by atoms with Crippen LogP contribution in [0, 0.1) is 0 Å². The van der Waals surface area contributed by atoms with Gasteiger partial charge in [-0.2, -0.15) is 0 Å². The van der Waals surface area contributed by atoms with Crippen molar-refractivity contribution < 1.29 is 23.8 Å². The number of ether oxygens (including phenoxy) is 3. The van der Waals surface area contributed by atoms with Crippen LogP contribution in [-0.4, -0.2) is 45.3 Å². The first-order valence-corrected chi connectivity index (χ1v) is 3.88. The molecule has 0 bridgehead atoms. The molecule has 0 amide bonds. The van der Waals surface area contributed by atoms with E-state index in [9.17, 15) is 9.59 Å². The molecule has 13 heavy (non-hydrogen) atoms. The van der Waals surface area contributed by atoms with Gasteiger partial charge in [-0.05, 0) is 6.92 Å². The van der Waals surface area contributed by atoms with E-state index in [1.807, 2.05) is 0 Å². The van der Waals surface area contributed by atoms with Gasteiger partial charge in [-0.1, -0.05) is 0 Å². The van der Waals surface area contributed by atoms with Crippen molar-refractivity contribution in [2.24, 2.45) is 0 Å². The fourth-order valence-corrected chi connectivity index (χ4v) is 0.548. The fraction of sp³-hybridized carbons (Fsp3) is 0.750. The number of ketones is 1. The van der Waals surface area contributed by atoms with Crippen molar-refractivity contribution in [3.63, 3.8) is 0 Å². The summed E-state index contributed by atoms with van der Waals surface area (Å²) in [5, 5.41) is 0. The number of Topliss-reactive ketones (excluding diaryl/α,β-unsaturated/α-hetero) is 1. The summed E-state index contributed by atoms with van der Waals surface area (Å²) < 4.78 is 14.1. The fourth-order valence-electron chi connectivity index (χ4n) is 0.548. The van der Waals surface area contributed by atoms with E-state index in [2.05, 4.69) is 4.74 Å². The van der Waals surface area contributed by atoms with Crippen LogP contribution in [0.3, 0.4) is 0 Å². The molecular formula is C8H14O5. The molecule has 0 heterocycles. The second-order valence-corrected chi connectivity index (χ2v) is 2.38. The quantitative estimate of drug-likeness (QED) is 0.410. The molecule has 76 valence electrons. The molecule has 0 radical (unpaired) electrons. The molecule has 0 saturated carbocycles. The topological polar surface area (TPSA) is 61.8 Å². The van der Waals surface area contributed by atoms with Gasteiger partial charge >= 0.3 is 5.97 Å². The van der Waals surface area contributed by atoms with E-state index in [-0.39, 0.29) is 25.6 Å². The minimum Gasteiger partial charge on any atom is -0.467 e. The van der Waals surface area contributed by atoms with Crippen molar-refractivity contribution in [3.05, 3.63) is 0 Å². The first-order valence-electron chi connectivity index (χ1n) is 3.88. The van der Waals surface area contributed by atoms with Gasteiger partial charge in [0.25, 0.3) is 0 Å². The highest BCUT2D eigenvalue weighted by molar-refractivity contribution is 5.76. The predicted molar refractivity (Wildman–Crippen MR) is 44.3 cm³/mol. The molecule has 0 rings (SSSR count). The number of esters is 1. The summed E-state index contributed by atoms with van der Waals surface area (Å²) >= 11 is 0. The van der Waals surface area contributed by atoms with Gasteiger partial charge in [0.15, 0.2) is 5.78 Å². The van der Waals surface area contributed by atoms with Gasteiger partial charge in [-0.15, -0.1) is 0 Å². The third-order valence-electron chi connectivity index (χ3n) is 1.12. The van der Waals surface area contributed by atoms with E-state index in [0.717, 1.165) is 0 Å². The van der Waals surface area contributed by atoms with Gasteiger partial charge < -0.3 is 14.2 Å². The first-order chi connectivity index (χ1) is 6.16. The van der Waals surface area contributed by atoms with Crippen LogP contribution in [0.5, 0.6) is 0 Å². The molecule has 0 saturated heterocycles. The van der Waals surface area contributed by atoms with Crippen LogP contribution in [0.1, 0.15) is 6.92 Å². The van der Waals surface area contributed by atoms with Gasteiger partial charge in [0.1, 0.15) is 13.2 Å². The maximum atomic E-state index is 10.5. The number of carbonyl (C=O) groups is 2. The minimum atomic E-state index is -0.424. The number of methoxy groups -OCH3 is 1. The number of rotatable bonds is 7. The van der Waals surface area contributed by atoms with Crippen LogP contribution >= 0.6 is 0 Å². The molecular weight excluding hydrogens is 176 g/mol. The van der Waals surface area contributed by atoms with Crippen LogP contribution in [-0.2, 0) is 23.8 Å². The Bertz CT molecular complexity index is 166. The molecule has 0 spiro atoms. The minimum absolute atomic E-state index is 0.0343. The number of hydrogen-bond donors (Lipinski definition) is 0. The highest BCUT2D eigenvalue weighted by Gasteiger charge is 1.99. The van der Waals surface area contributed by atoms with Gasteiger partial charge in [0.05, 0.1) is 20.3 Å². The summed E-state index contributed by atoms with van der Waals surface area (Å²) in [5.74, 6) is -0.459. The van der Waals surface area contributed by atoms with E-state index < -0.39 is 5.97 Å². The van der Waals surface area contributed by atoms with E-state index in [1.165, 1.54) is 14.0 Å². The lowest BCUT2D eigenvalue weighted by Gasteiger charge is -2.02. The van der Waals surface area contributed by atoms with Crippen LogP contribution in [0.25, 0.3) is 0 Å². The number of carbonyl (C=O) groups excluding carboxylic acids is 2. The molecule has 0 aromatic carbocycles. The average Bonchev–Trinajstić information content (AvgIpc) is 2.10. The van der Waals surface area contributed by atoms with Crippen LogP contribution < -0.4 is 0 Å².